The smallest absolute Gasteiger partial charge is 0.317 e. The Morgan fingerprint density at radius 3 is 2.57 bits per heavy atom. The van der Waals surface area contributed by atoms with Gasteiger partial charge in [0.25, 0.3) is 0 Å². The average molecular weight is 308 g/mol. The number of rotatable bonds is 9. The minimum Gasteiger partial charge on any atom is -0.480 e. The van der Waals surface area contributed by atoms with Crippen molar-refractivity contribution in [1.82, 2.24) is 10.2 Å². The van der Waals surface area contributed by atoms with Gasteiger partial charge in [0.1, 0.15) is 0 Å². The Bertz CT molecular complexity index is 477. The predicted molar refractivity (Wildman–Crippen MR) is 82.4 cm³/mol. The molecule has 1 aromatic rings. The van der Waals surface area contributed by atoms with Crippen molar-refractivity contribution < 1.29 is 14.7 Å². The number of amides is 1. The fourth-order valence-corrected chi connectivity index (χ4v) is 2.83. The molecule has 0 aromatic heterocycles. The van der Waals surface area contributed by atoms with Crippen molar-refractivity contribution in [3.05, 3.63) is 30.3 Å². The quantitative estimate of drug-likeness (QED) is 0.534. The molecule has 0 bridgehead atoms. The summed E-state index contributed by atoms with van der Waals surface area (Å²) >= 11 is 1.69. The van der Waals surface area contributed by atoms with E-state index in [1.807, 2.05) is 30.3 Å². The highest BCUT2D eigenvalue weighted by Gasteiger charge is 2.31. The van der Waals surface area contributed by atoms with Gasteiger partial charge in [-0.3, -0.25) is 14.5 Å². The standard InChI is InChI=1S/C15H20N2O3S/c18-14(10-17(11-15(19)20)12-6-7-12)16-8-9-21-13-4-2-1-3-5-13/h1-5,12H,6-11H2,(H,16,18)(H,19,20). The van der Waals surface area contributed by atoms with Crippen molar-refractivity contribution in [2.75, 3.05) is 25.4 Å². The summed E-state index contributed by atoms with van der Waals surface area (Å²) in [4.78, 5) is 25.5. The van der Waals surface area contributed by atoms with E-state index in [1.54, 1.807) is 16.7 Å². The Balaban J connectivity index is 1.63. The molecule has 1 aromatic carbocycles. The van der Waals surface area contributed by atoms with Crippen molar-refractivity contribution >= 4 is 23.6 Å². The summed E-state index contributed by atoms with van der Waals surface area (Å²) in [7, 11) is 0. The Labute approximate surface area is 128 Å². The van der Waals surface area contributed by atoms with Crippen LogP contribution in [0.5, 0.6) is 0 Å². The van der Waals surface area contributed by atoms with Crippen molar-refractivity contribution in [3.63, 3.8) is 0 Å². The minimum absolute atomic E-state index is 0.0587. The zero-order valence-corrected chi connectivity index (χ0v) is 12.6. The highest BCUT2D eigenvalue weighted by molar-refractivity contribution is 7.99. The molecule has 1 aliphatic rings. The Morgan fingerprint density at radius 2 is 1.95 bits per heavy atom. The lowest BCUT2D eigenvalue weighted by atomic mass is 10.4. The molecule has 2 N–H and O–H groups in total. The molecule has 1 aliphatic carbocycles. The third kappa shape index (κ3) is 6.18. The van der Waals surface area contributed by atoms with Crippen LogP contribution in [0.25, 0.3) is 0 Å². The zero-order valence-electron chi connectivity index (χ0n) is 11.8. The topological polar surface area (TPSA) is 69.6 Å². The molecule has 1 amide bonds. The molecule has 0 spiro atoms. The third-order valence-corrected chi connectivity index (χ3v) is 4.20. The second-order valence-electron chi connectivity index (χ2n) is 5.04. The molecule has 1 fully saturated rings. The summed E-state index contributed by atoms with van der Waals surface area (Å²) in [6.07, 6.45) is 1.98. The number of carbonyl (C=O) groups excluding carboxylic acids is 1. The number of benzene rings is 1. The van der Waals surface area contributed by atoms with Crippen LogP contribution >= 0.6 is 11.8 Å². The van der Waals surface area contributed by atoms with Gasteiger partial charge >= 0.3 is 5.97 Å². The van der Waals surface area contributed by atoms with E-state index in [2.05, 4.69) is 5.32 Å². The molecular weight excluding hydrogens is 288 g/mol. The number of aliphatic carboxylic acids is 1. The molecule has 0 atom stereocenters. The maximum Gasteiger partial charge on any atom is 0.317 e. The average Bonchev–Trinajstić information content (AvgIpc) is 3.28. The van der Waals surface area contributed by atoms with E-state index in [0.29, 0.717) is 6.54 Å². The van der Waals surface area contributed by atoms with E-state index in [1.165, 1.54) is 4.90 Å². The molecule has 0 saturated heterocycles. The minimum atomic E-state index is -0.880. The molecule has 2 rings (SSSR count). The highest BCUT2D eigenvalue weighted by atomic mass is 32.2. The van der Waals surface area contributed by atoms with Gasteiger partial charge in [0.2, 0.25) is 5.91 Å². The highest BCUT2D eigenvalue weighted by Crippen LogP contribution is 2.26. The van der Waals surface area contributed by atoms with Gasteiger partial charge in [0, 0.05) is 23.2 Å². The number of carboxylic acids is 1. The monoisotopic (exact) mass is 308 g/mol. The summed E-state index contributed by atoms with van der Waals surface area (Å²) < 4.78 is 0. The lowest BCUT2D eigenvalue weighted by Crippen LogP contribution is -2.41. The van der Waals surface area contributed by atoms with Crippen LogP contribution in [0.3, 0.4) is 0 Å². The number of nitrogens with zero attached hydrogens (tertiary/aromatic N) is 1. The number of hydrogen-bond donors (Lipinski definition) is 2. The van der Waals surface area contributed by atoms with Crippen LogP contribution in [0.4, 0.5) is 0 Å². The zero-order chi connectivity index (χ0) is 15.1. The summed E-state index contributed by atoms with van der Waals surface area (Å²) in [6.45, 7) is 0.702. The van der Waals surface area contributed by atoms with Crippen LogP contribution < -0.4 is 5.32 Å². The molecule has 0 unspecified atom stereocenters. The molecular formula is C15H20N2O3S. The van der Waals surface area contributed by atoms with E-state index in [9.17, 15) is 9.59 Å². The Hall–Kier alpha value is -1.53. The largest absolute Gasteiger partial charge is 0.480 e. The molecule has 0 radical (unpaired) electrons. The van der Waals surface area contributed by atoms with Gasteiger partial charge < -0.3 is 10.4 Å². The Kier molecular flexibility index (Phi) is 6.07. The molecule has 0 heterocycles. The number of thioether (sulfide) groups is 1. The summed E-state index contributed by atoms with van der Waals surface area (Å²) in [6, 6.07) is 10.3. The van der Waals surface area contributed by atoms with Crippen LogP contribution in [0, 0.1) is 0 Å². The van der Waals surface area contributed by atoms with E-state index < -0.39 is 5.97 Å². The molecule has 5 nitrogen and oxygen atoms in total. The number of nitrogens with one attached hydrogen (secondary N) is 1. The van der Waals surface area contributed by atoms with Crippen LogP contribution in [0.15, 0.2) is 35.2 Å². The van der Waals surface area contributed by atoms with Gasteiger partial charge in [-0.05, 0) is 25.0 Å². The Morgan fingerprint density at radius 1 is 1.24 bits per heavy atom. The van der Waals surface area contributed by atoms with Crippen LogP contribution in [0.2, 0.25) is 0 Å². The van der Waals surface area contributed by atoms with Gasteiger partial charge in [-0.1, -0.05) is 18.2 Å². The number of carbonyl (C=O) groups is 2. The normalized spacial score (nSPS) is 14.1. The number of hydrogen-bond acceptors (Lipinski definition) is 4. The lowest BCUT2D eigenvalue weighted by molar-refractivity contribution is -0.138. The van der Waals surface area contributed by atoms with Gasteiger partial charge in [-0.2, -0.15) is 0 Å². The predicted octanol–water partition coefficient (Wildman–Crippen LogP) is 1.44. The number of carboxylic acid groups (broad SMARTS) is 1. The summed E-state index contributed by atoms with van der Waals surface area (Å²) in [5, 5.41) is 11.7. The van der Waals surface area contributed by atoms with Crippen molar-refractivity contribution in [1.29, 1.82) is 0 Å². The first-order chi connectivity index (χ1) is 10.1. The third-order valence-electron chi connectivity index (χ3n) is 3.18. The molecule has 114 valence electrons. The first-order valence-corrected chi connectivity index (χ1v) is 8.04. The maximum atomic E-state index is 11.8. The molecule has 0 aliphatic heterocycles. The molecule has 1 saturated carbocycles. The van der Waals surface area contributed by atoms with Gasteiger partial charge in [0.15, 0.2) is 0 Å². The summed E-state index contributed by atoms with van der Waals surface area (Å²) in [5.41, 5.74) is 0. The van der Waals surface area contributed by atoms with Gasteiger partial charge in [-0.25, -0.2) is 0 Å². The molecule has 21 heavy (non-hydrogen) atoms. The fourth-order valence-electron chi connectivity index (χ4n) is 2.04. The first-order valence-electron chi connectivity index (χ1n) is 7.05. The van der Waals surface area contributed by atoms with Crippen molar-refractivity contribution in [2.24, 2.45) is 0 Å². The van der Waals surface area contributed by atoms with E-state index >= 15 is 0 Å². The fraction of sp³-hybridized carbons (Fsp3) is 0.467. The first kappa shape index (κ1) is 15.9. The van der Waals surface area contributed by atoms with Crippen LogP contribution in [-0.2, 0) is 9.59 Å². The summed E-state index contributed by atoms with van der Waals surface area (Å²) in [5.74, 6) is -0.177. The SMILES string of the molecule is O=C(O)CN(CC(=O)NCCSc1ccccc1)C1CC1. The van der Waals surface area contributed by atoms with Gasteiger partial charge in [-0.15, -0.1) is 11.8 Å². The maximum absolute atomic E-state index is 11.8. The van der Waals surface area contributed by atoms with Crippen LogP contribution in [0.1, 0.15) is 12.8 Å². The second-order valence-corrected chi connectivity index (χ2v) is 6.21. The van der Waals surface area contributed by atoms with Crippen LogP contribution in [-0.4, -0.2) is 53.3 Å². The lowest BCUT2D eigenvalue weighted by Gasteiger charge is -2.18. The van der Waals surface area contributed by atoms with E-state index in [-0.39, 0.29) is 25.0 Å². The second kappa shape index (κ2) is 8.05. The van der Waals surface area contributed by atoms with Gasteiger partial charge in [0.05, 0.1) is 13.1 Å². The van der Waals surface area contributed by atoms with E-state index in [0.717, 1.165) is 18.6 Å². The van der Waals surface area contributed by atoms with E-state index in [4.69, 9.17) is 5.11 Å². The van der Waals surface area contributed by atoms with Crippen molar-refractivity contribution in [3.8, 4) is 0 Å². The molecule has 6 heteroatoms. The van der Waals surface area contributed by atoms with Crippen molar-refractivity contribution in [2.45, 2.75) is 23.8 Å².